The second-order valence-electron chi connectivity index (χ2n) is 10.7. The lowest BCUT2D eigenvalue weighted by atomic mass is 9.68. The molecule has 1 aliphatic heterocycles. The van der Waals surface area contributed by atoms with Crippen molar-refractivity contribution in [2.24, 2.45) is 5.92 Å². The van der Waals surface area contributed by atoms with Gasteiger partial charge in [-0.15, -0.1) is 0 Å². The van der Waals surface area contributed by atoms with Crippen molar-refractivity contribution < 1.29 is 9.90 Å². The minimum absolute atomic E-state index is 0.0298. The summed E-state index contributed by atoms with van der Waals surface area (Å²) in [6.45, 7) is 2.32. The lowest BCUT2D eigenvalue weighted by molar-refractivity contribution is 0.0159. The molecule has 0 aromatic heterocycles. The standard InChI is InChI=1S/C28H37N3O2/c1-29(2)28(24-9-4-3-5-10-24)17-15-27(16-18-28)21-30(19-23-11-13-25(32)14-12-23)26(33)31(27)20-22-7-6-8-22/h3-5,9-14,22,32H,6-8,15-21H2,1-2H3. The van der Waals surface area contributed by atoms with Crippen LogP contribution in [0, 0.1) is 5.92 Å². The van der Waals surface area contributed by atoms with Crippen molar-refractivity contribution in [3.63, 3.8) is 0 Å². The van der Waals surface area contributed by atoms with Gasteiger partial charge in [-0.2, -0.15) is 0 Å². The highest BCUT2D eigenvalue weighted by Gasteiger charge is 2.54. The first-order valence-corrected chi connectivity index (χ1v) is 12.5. The molecule has 5 heteroatoms. The van der Waals surface area contributed by atoms with Gasteiger partial charge in [0.25, 0.3) is 0 Å². The number of aromatic hydroxyl groups is 1. The highest BCUT2D eigenvalue weighted by molar-refractivity contribution is 5.78. The third-order valence-electron chi connectivity index (χ3n) is 8.71. The Bertz CT molecular complexity index is 960. The largest absolute Gasteiger partial charge is 0.508 e. The van der Waals surface area contributed by atoms with Crippen LogP contribution in [-0.4, -0.2) is 58.6 Å². The second kappa shape index (κ2) is 8.68. The van der Waals surface area contributed by atoms with Gasteiger partial charge >= 0.3 is 6.03 Å². The van der Waals surface area contributed by atoms with Crippen molar-refractivity contribution in [1.29, 1.82) is 0 Å². The Morgan fingerprint density at radius 2 is 1.64 bits per heavy atom. The van der Waals surface area contributed by atoms with Crippen LogP contribution in [0.25, 0.3) is 0 Å². The minimum Gasteiger partial charge on any atom is -0.508 e. The molecule has 1 spiro atoms. The number of carbonyl (C=O) groups excluding carboxylic acids is 1. The highest BCUT2D eigenvalue weighted by atomic mass is 16.3. The first kappa shape index (κ1) is 22.3. The molecule has 2 saturated carbocycles. The molecule has 3 fully saturated rings. The van der Waals surface area contributed by atoms with Gasteiger partial charge in [0.1, 0.15) is 5.75 Å². The summed E-state index contributed by atoms with van der Waals surface area (Å²) in [6.07, 6.45) is 7.99. The fourth-order valence-electron chi connectivity index (χ4n) is 6.33. The quantitative estimate of drug-likeness (QED) is 0.662. The first-order valence-electron chi connectivity index (χ1n) is 12.5. The van der Waals surface area contributed by atoms with Crippen molar-refractivity contribution in [3.05, 3.63) is 65.7 Å². The van der Waals surface area contributed by atoms with Crippen LogP contribution >= 0.6 is 0 Å². The molecule has 176 valence electrons. The summed E-state index contributed by atoms with van der Waals surface area (Å²) in [7, 11) is 4.40. The molecule has 2 aromatic rings. The summed E-state index contributed by atoms with van der Waals surface area (Å²) in [5, 5.41) is 9.64. The normalized spacial score (nSPS) is 28.0. The average Bonchev–Trinajstić information content (AvgIpc) is 3.04. The monoisotopic (exact) mass is 447 g/mol. The lowest BCUT2D eigenvalue weighted by Crippen LogP contribution is -2.56. The third-order valence-corrected chi connectivity index (χ3v) is 8.71. The Hall–Kier alpha value is -2.53. The number of amides is 2. The van der Waals surface area contributed by atoms with Gasteiger partial charge in [0.2, 0.25) is 0 Å². The molecule has 2 aliphatic carbocycles. The van der Waals surface area contributed by atoms with Gasteiger partial charge < -0.3 is 14.9 Å². The zero-order valence-electron chi connectivity index (χ0n) is 20.0. The Balaban J connectivity index is 1.39. The molecule has 0 atom stereocenters. The van der Waals surface area contributed by atoms with E-state index in [-0.39, 0.29) is 22.9 Å². The van der Waals surface area contributed by atoms with Crippen molar-refractivity contribution in [3.8, 4) is 5.75 Å². The number of phenolic OH excluding ortho intramolecular Hbond substituents is 1. The Morgan fingerprint density at radius 1 is 0.970 bits per heavy atom. The number of urea groups is 1. The molecule has 1 heterocycles. The van der Waals surface area contributed by atoms with E-state index in [0.29, 0.717) is 12.5 Å². The molecular weight excluding hydrogens is 410 g/mol. The zero-order valence-corrected chi connectivity index (χ0v) is 20.0. The fraction of sp³-hybridized carbons (Fsp3) is 0.536. The molecule has 5 nitrogen and oxygen atoms in total. The minimum atomic E-state index is -0.0715. The smallest absolute Gasteiger partial charge is 0.320 e. The maximum atomic E-state index is 13.7. The van der Waals surface area contributed by atoms with E-state index in [0.717, 1.165) is 44.3 Å². The number of hydrogen-bond acceptors (Lipinski definition) is 3. The van der Waals surface area contributed by atoms with Crippen LogP contribution in [-0.2, 0) is 12.1 Å². The summed E-state index contributed by atoms with van der Waals surface area (Å²) < 4.78 is 0. The topological polar surface area (TPSA) is 47.0 Å². The molecule has 0 unspecified atom stereocenters. The summed E-state index contributed by atoms with van der Waals surface area (Å²) in [6, 6.07) is 18.4. The van der Waals surface area contributed by atoms with E-state index < -0.39 is 0 Å². The van der Waals surface area contributed by atoms with Crippen LogP contribution in [0.5, 0.6) is 5.75 Å². The number of carbonyl (C=O) groups is 1. The predicted octanol–water partition coefficient (Wildman–Crippen LogP) is 5.20. The molecule has 2 amide bonds. The van der Waals surface area contributed by atoms with E-state index in [1.165, 1.54) is 24.8 Å². The van der Waals surface area contributed by atoms with Crippen molar-refractivity contribution >= 4 is 6.03 Å². The zero-order chi connectivity index (χ0) is 23.1. The van der Waals surface area contributed by atoms with Gasteiger partial charge in [0, 0.05) is 25.2 Å². The maximum Gasteiger partial charge on any atom is 0.320 e. The van der Waals surface area contributed by atoms with E-state index in [9.17, 15) is 9.90 Å². The van der Waals surface area contributed by atoms with Gasteiger partial charge in [-0.05, 0) is 81.8 Å². The van der Waals surface area contributed by atoms with Crippen LogP contribution in [0.3, 0.4) is 0 Å². The van der Waals surface area contributed by atoms with E-state index in [4.69, 9.17) is 0 Å². The predicted molar refractivity (Wildman–Crippen MR) is 131 cm³/mol. The molecule has 1 N–H and O–H groups in total. The molecule has 5 rings (SSSR count). The molecule has 1 saturated heterocycles. The highest BCUT2D eigenvalue weighted by Crippen LogP contribution is 2.49. The van der Waals surface area contributed by atoms with Crippen LogP contribution < -0.4 is 0 Å². The summed E-state index contributed by atoms with van der Waals surface area (Å²) in [5.41, 5.74) is 2.42. The lowest BCUT2D eigenvalue weighted by Gasteiger charge is -2.51. The molecule has 3 aliphatic rings. The molecule has 33 heavy (non-hydrogen) atoms. The number of phenols is 1. The molecule has 2 aromatic carbocycles. The molecular formula is C28H37N3O2. The Kier molecular flexibility index (Phi) is 5.86. The Morgan fingerprint density at radius 3 is 2.21 bits per heavy atom. The van der Waals surface area contributed by atoms with Gasteiger partial charge in [-0.1, -0.05) is 48.9 Å². The first-order chi connectivity index (χ1) is 15.9. The SMILES string of the molecule is CN(C)C1(c2ccccc2)CCC2(CC1)CN(Cc1ccc(O)cc1)C(=O)N2CC1CCC1. The van der Waals surface area contributed by atoms with E-state index in [1.807, 2.05) is 12.1 Å². The summed E-state index contributed by atoms with van der Waals surface area (Å²) in [4.78, 5) is 20.4. The maximum absolute atomic E-state index is 13.7. The number of hydrogen-bond donors (Lipinski definition) is 1. The van der Waals surface area contributed by atoms with Gasteiger partial charge in [0.05, 0.1) is 5.54 Å². The van der Waals surface area contributed by atoms with Gasteiger partial charge in [-0.3, -0.25) is 4.90 Å². The van der Waals surface area contributed by atoms with Gasteiger partial charge in [0.15, 0.2) is 0 Å². The summed E-state index contributed by atoms with van der Waals surface area (Å²) in [5.74, 6) is 0.928. The average molecular weight is 448 g/mol. The van der Waals surface area contributed by atoms with Crippen molar-refractivity contribution in [2.75, 3.05) is 27.2 Å². The fourth-order valence-corrected chi connectivity index (χ4v) is 6.33. The van der Waals surface area contributed by atoms with Crippen LogP contribution in [0.1, 0.15) is 56.1 Å². The van der Waals surface area contributed by atoms with Crippen LogP contribution in [0.4, 0.5) is 4.79 Å². The summed E-state index contributed by atoms with van der Waals surface area (Å²) >= 11 is 0. The molecule has 0 bridgehead atoms. The number of nitrogens with zero attached hydrogens (tertiary/aromatic N) is 3. The van der Waals surface area contributed by atoms with Gasteiger partial charge in [-0.25, -0.2) is 4.79 Å². The van der Waals surface area contributed by atoms with E-state index in [1.54, 1.807) is 12.1 Å². The second-order valence-corrected chi connectivity index (χ2v) is 10.7. The molecule has 0 radical (unpaired) electrons. The number of benzene rings is 2. The third kappa shape index (κ3) is 4.01. The number of rotatable bonds is 6. The van der Waals surface area contributed by atoms with Crippen LogP contribution in [0.2, 0.25) is 0 Å². The van der Waals surface area contributed by atoms with Crippen molar-refractivity contribution in [2.45, 2.75) is 62.6 Å². The van der Waals surface area contributed by atoms with E-state index in [2.05, 4.69) is 59.1 Å². The Labute approximate surface area is 198 Å². The van der Waals surface area contributed by atoms with Crippen molar-refractivity contribution in [1.82, 2.24) is 14.7 Å². The van der Waals surface area contributed by atoms with E-state index >= 15 is 0 Å². The van der Waals surface area contributed by atoms with Crippen LogP contribution in [0.15, 0.2) is 54.6 Å².